The van der Waals surface area contributed by atoms with E-state index in [4.69, 9.17) is 28.1 Å². The molecule has 7 aromatic carbocycles. The summed E-state index contributed by atoms with van der Waals surface area (Å²) < 4.78 is 36.3. The fraction of sp³-hybridized carbons (Fsp3) is 0.0851. The van der Waals surface area contributed by atoms with Gasteiger partial charge in [0.15, 0.2) is 34.3 Å². The Labute approximate surface area is 322 Å². The zero-order valence-corrected chi connectivity index (χ0v) is 30.1. The molecule has 9 nitrogen and oxygen atoms in total. The van der Waals surface area contributed by atoms with Gasteiger partial charge in [0.1, 0.15) is 37.8 Å². The maximum absolute atomic E-state index is 13.4. The summed E-state index contributed by atoms with van der Waals surface area (Å²) in [7, 11) is 0. The zero-order valence-electron chi connectivity index (χ0n) is 30.1. The second-order valence-corrected chi connectivity index (χ2v) is 13.0. The molecule has 9 heteroatoms. The van der Waals surface area contributed by atoms with Crippen LogP contribution < -0.4 is 18.9 Å². The normalized spacial score (nSPS) is 11.0. The van der Waals surface area contributed by atoms with Gasteiger partial charge >= 0.3 is 6.16 Å². The van der Waals surface area contributed by atoms with Crippen LogP contribution in [0.5, 0.6) is 34.5 Å². The molecule has 0 aliphatic rings. The summed E-state index contributed by atoms with van der Waals surface area (Å²) in [6, 6.07) is 48.5. The first-order valence-electron chi connectivity index (χ1n) is 18.0. The van der Waals surface area contributed by atoms with Crippen LogP contribution >= 0.6 is 0 Å². The van der Waals surface area contributed by atoms with Gasteiger partial charge in [-0.3, -0.25) is 0 Å². The number of ether oxygens (including phenoxy) is 5. The number of hydrogen-bond acceptors (Lipinski definition) is 9. The van der Waals surface area contributed by atoms with Crippen LogP contribution in [0.25, 0.3) is 33.1 Å². The zero-order chi connectivity index (χ0) is 38.3. The van der Waals surface area contributed by atoms with E-state index < -0.39 is 17.7 Å². The highest BCUT2D eigenvalue weighted by atomic mass is 16.7. The van der Waals surface area contributed by atoms with Gasteiger partial charge in [0, 0.05) is 11.5 Å². The Balaban J connectivity index is 1.21. The van der Waals surface area contributed by atoms with Crippen LogP contribution in [0.15, 0.2) is 162 Å². The molecule has 0 unspecified atom stereocenters. The molecule has 0 aliphatic carbocycles. The maximum Gasteiger partial charge on any atom is 0.514 e. The van der Waals surface area contributed by atoms with Gasteiger partial charge in [-0.15, -0.1) is 0 Å². The molecule has 0 atom stereocenters. The SMILES string of the molecule is O=C(OCc1ccccc1)Oc1c(-c2ccc(OCc3ccccc3)cc2)c(O)c(O)c2c1oc1cc(OCc3ccccc3)c(OCc3ccccc3)cc12. The largest absolute Gasteiger partial charge is 0.514 e. The second kappa shape index (κ2) is 16.3. The number of fused-ring (bicyclic) bond motifs is 3. The number of rotatable bonds is 13. The Morgan fingerprint density at radius 1 is 0.536 bits per heavy atom. The first-order valence-corrected chi connectivity index (χ1v) is 18.0. The van der Waals surface area contributed by atoms with Gasteiger partial charge in [-0.25, -0.2) is 4.79 Å². The van der Waals surface area contributed by atoms with Crippen LogP contribution in [0.2, 0.25) is 0 Å². The average molecular weight is 745 g/mol. The van der Waals surface area contributed by atoms with E-state index in [-0.39, 0.29) is 47.7 Å². The van der Waals surface area contributed by atoms with Crippen LogP contribution in [0.4, 0.5) is 4.79 Å². The first kappa shape index (κ1) is 35.6. The number of phenolic OH excluding ortho intramolecular Hbond substituents is 2. The molecule has 0 aliphatic heterocycles. The van der Waals surface area contributed by atoms with Gasteiger partial charge in [0.2, 0.25) is 0 Å². The van der Waals surface area contributed by atoms with Crippen molar-refractivity contribution in [3.63, 3.8) is 0 Å². The molecule has 56 heavy (non-hydrogen) atoms. The van der Waals surface area contributed by atoms with E-state index in [1.165, 1.54) is 0 Å². The number of phenols is 2. The van der Waals surface area contributed by atoms with Gasteiger partial charge in [0.05, 0.1) is 10.9 Å². The monoisotopic (exact) mass is 744 g/mol. The molecule has 1 aromatic heterocycles. The second-order valence-electron chi connectivity index (χ2n) is 13.0. The number of carbonyl (C=O) groups is 1. The Morgan fingerprint density at radius 3 is 1.55 bits per heavy atom. The van der Waals surface area contributed by atoms with Gasteiger partial charge in [0.25, 0.3) is 0 Å². The summed E-state index contributed by atoms with van der Waals surface area (Å²) in [5.41, 5.74) is 4.35. The van der Waals surface area contributed by atoms with E-state index in [2.05, 4.69) is 0 Å². The summed E-state index contributed by atoms with van der Waals surface area (Å²) in [4.78, 5) is 13.4. The van der Waals surface area contributed by atoms with E-state index in [0.29, 0.717) is 34.8 Å². The van der Waals surface area contributed by atoms with Crippen molar-refractivity contribution in [1.82, 2.24) is 0 Å². The third-order valence-corrected chi connectivity index (χ3v) is 9.14. The molecule has 8 rings (SSSR count). The van der Waals surface area contributed by atoms with Crippen LogP contribution in [0.3, 0.4) is 0 Å². The molecule has 2 N–H and O–H groups in total. The lowest BCUT2D eigenvalue weighted by molar-refractivity contribution is 0.0930. The number of furan rings is 1. The van der Waals surface area contributed by atoms with E-state index >= 15 is 0 Å². The third kappa shape index (κ3) is 7.93. The van der Waals surface area contributed by atoms with Crippen molar-refractivity contribution in [2.45, 2.75) is 26.4 Å². The van der Waals surface area contributed by atoms with Gasteiger partial charge in [-0.1, -0.05) is 133 Å². The third-order valence-electron chi connectivity index (χ3n) is 9.14. The van der Waals surface area contributed by atoms with Gasteiger partial charge in [-0.2, -0.15) is 0 Å². The van der Waals surface area contributed by atoms with Crippen molar-refractivity contribution in [3.05, 3.63) is 180 Å². The van der Waals surface area contributed by atoms with E-state index in [1.807, 2.05) is 121 Å². The molecule has 0 saturated carbocycles. The molecule has 278 valence electrons. The first-order chi connectivity index (χ1) is 27.5. The van der Waals surface area contributed by atoms with Crippen LogP contribution in [0.1, 0.15) is 22.3 Å². The predicted molar refractivity (Wildman–Crippen MR) is 212 cm³/mol. The van der Waals surface area contributed by atoms with Crippen molar-refractivity contribution in [2.75, 3.05) is 0 Å². The summed E-state index contributed by atoms with van der Waals surface area (Å²) in [5, 5.41) is 23.9. The van der Waals surface area contributed by atoms with E-state index in [9.17, 15) is 15.0 Å². The van der Waals surface area contributed by atoms with E-state index in [0.717, 1.165) is 22.3 Å². The molecule has 8 aromatic rings. The average Bonchev–Trinajstić information content (AvgIpc) is 3.62. The number of aromatic hydroxyl groups is 2. The lowest BCUT2D eigenvalue weighted by Gasteiger charge is -2.15. The Kier molecular flexibility index (Phi) is 10.4. The van der Waals surface area contributed by atoms with Crippen LogP contribution in [-0.2, 0) is 31.2 Å². The van der Waals surface area contributed by atoms with Crippen molar-refractivity contribution in [2.24, 2.45) is 0 Å². The topological polar surface area (TPSA) is 117 Å². The summed E-state index contributed by atoms with van der Waals surface area (Å²) in [5.74, 6) is 0.174. The van der Waals surface area contributed by atoms with Gasteiger partial charge < -0.3 is 38.3 Å². The minimum atomic E-state index is -1.04. The fourth-order valence-corrected chi connectivity index (χ4v) is 6.31. The summed E-state index contributed by atoms with van der Waals surface area (Å²) in [6.07, 6.45) is -1.04. The number of carbonyl (C=O) groups excluding carboxylic acids is 1. The van der Waals surface area contributed by atoms with Crippen molar-refractivity contribution < 1.29 is 43.1 Å². The highest BCUT2D eigenvalue weighted by molar-refractivity contribution is 6.15. The molecule has 0 fully saturated rings. The molecule has 0 amide bonds. The maximum atomic E-state index is 13.4. The fourth-order valence-electron chi connectivity index (χ4n) is 6.31. The highest BCUT2D eigenvalue weighted by Gasteiger charge is 2.29. The minimum absolute atomic E-state index is 0.000541. The quantitative estimate of drug-likeness (QED) is 0.0676. The standard InChI is InChI=1S/C47H36O9/c48-43-41(35-21-23-36(24-22-35)51-27-31-13-5-1-6-14-31)45(56-47(50)54-30-34-19-11-4-12-20-34)46-42(44(43)49)37-25-39(52-28-32-15-7-2-8-16-32)40(26-38(37)55-46)53-29-33-17-9-3-10-18-33/h1-26,48-49H,27-30H2. The molecule has 0 radical (unpaired) electrons. The molecule has 0 bridgehead atoms. The van der Waals surface area contributed by atoms with Crippen LogP contribution in [-0.4, -0.2) is 16.4 Å². The lowest BCUT2D eigenvalue weighted by atomic mass is 9.99. The number of hydrogen-bond donors (Lipinski definition) is 2. The van der Waals surface area contributed by atoms with Gasteiger partial charge in [-0.05, 0) is 46.0 Å². The van der Waals surface area contributed by atoms with Crippen molar-refractivity contribution in [3.8, 4) is 45.6 Å². The Hall–Kier alpha value is -7.39. The van der Waals surface area contributed by atoms with Crippen LogP contribution in [0, 0.1) is 0 Å². The smallest absolute Gasteiger partial charge is 0.504 e. The van der Waals surface area contributed by atoms with Crippen molar-refractivity contribution in [1.29, 1.82) is 0 Å². The summed E-state index contributed by atoms with van der Waals surface area (Å²) >= 11 is 0. The minimum Gasteiger partial charge on any atom is -0.504 e. The molecular formula is C47H36O9. The van der Waals surface area contributed by atoms with Crippen molar-refractivity contribution >= 4 is 28.1 Å². The lowest BCUT2D eigenvalue weighted by Crippen LogP contribution is -2.11. The number of benzene rings is 7. The molecule has 1 heterocycles. The molecule has 0 saturated heterocycles. The van der Waals surface area contributed by atoms with E-state index in [1.54, 1.807) is 36.4 Å². The molecular weight excluding hydrogens is 709 g/mol. The predicted octanol–water partition coefficient (Wildman–Crippen LogP) is 11.1. The Morgan fingerprint density at radius 2 is 1.02 bits per heavy atom. The highest BCUT2D eigenvalue weighted by Crippen LogP contribution is 2.54. The summed E-state index contributed by atoms with van der Waals surface area (Å²) in [6.45, 7) is 0.780. The molecule has 0 spiro atoms. The Bertz CT molecular complexity index is 2570.